The van der Waals surface area contributed by atoms with Gasteiger partial charge >= 0.3 is 0 Å². The van der Waals surface area contributed by atoms with Crippen molar-refractivity contribution in [3.05, 3.63) is 40.7 Å². The van der Waals surface area contributed by atoms with E-state index in [0.717, 1.165) is 24.0 Å². The zero-order valence-corrected chi connectivity index (χ0v) is 11.5. The molecule has 0 spiro atoms. The fourth-order valence-electron chi connectivity index (χ4n) is 1.82. The topological polar surface area (TPSA) is 0 Å². The van der Waals surface area contributed by atoms with Crippen molar-refractivity contribution in [1.29, 1.82) is 0 Å². The maximum Gasteiger partial charge on any atom is 0.133 e. The van der Waals surface area contributed by atoms with Gasteiger partial charge in [0.15, 0.2) is 0 Å². The van der Waals surface area contributed by atoms with Crippen LogP contribution in [-0.4, -0.2) is 0 Å². The Morgan fingerprint density at radius 3 is 2.53 bits per heavy atom. The summed E-state index contributed by atoms with van der Waals surface area (Å²) in [5, 5.41) is 0. The number of hydrogen-bond acceptors (Lipinski definition) is 0. The van der Waals surface area contributed by atoms with Crippen LogP contribution in [-0.2, 0) is 12.3 Å². The number of halogens is 2. The molecule has 0 N–H and O–H groups in total. The molecule has 0 amide bonds. The molecule has 2 heteroatoms. The lowest BCUT2D eigenvalue weighted by atomic mass is 9.95. The Morgan fingerprint density at radius 1 is 1.35 bits per heavy atom. The highest BCUT2D eigenvalue weighted by Gasteiger charge is 2.12. The molecule has 1 aromatic carbocycles. The van der Waals surface area contributed by atoms with Crippen molar-refractivity contribution in [2.24, 2.45) is 5.92 Å². The third-order valence-electron chi connectivity index (χ3n) is 3.09. The quantitative estimate of drug-likeness (QED) is 0.635. The predicted molar refractivity (Wildman–Crippen MR) is 73.8 cm³/mol. The lowest BCUT2D eigenvalue weighted by Gasteiger charge is -2.13. The average Bonchev–Trinajstić information content (AvgIpc) is 2.34. The van der Waals surface area contributed by atoms with E-state index in [4.69, 9.17) is 11.6 Å². The van der Waals surface area contributed by atoms with Gasteiger partial charge in [0.2, 0.25) is 0 Å². The van der Waals surface area contributed by atoms with Crippen LogP contribution in [0.5, 0.6) is 0 Å². The number of allylic oxidation sites excluding steroid dienone is 1. The number of benzene rings is 1. The molecule has 1 atom stereocenters. The summed E-state index contributed by atoms with van der Waals surface area (Å²) in [5.41, 5.74) is 2.29. The molecule has 0 saturated heterocycles. The van der Waals surface area contributed by atoms with Gasteiger partial charge in [-0.2, -0.15) is 0 Å². The third-order valence-corrected chi connectivity index (χ3v) is 3.38. The Hall–Kier alpha value is -0.820. The molecule has 0 aromatic heterocycles. The van der Waals surface area contributed by atoms with E-state index < -0.39 is 0 Å². The smallest absolute Gasteiger partial charge is 0.133 e. The summed E-state index contributed by atoms with van der Waals surface area (Å²) in [4.78, 5) is 0. The van der Waals surface area contributed by atoms with Gasteiger partial charge in [0, 0.05) is 11.4 Å². The summed E-state index contributed by atoms with van der Waals surface area (Å²) in [6.07, 6.45) is 5.50. The van der Waals surface area contributed by atoms with Crippen LogP contribution in [0.15, 0.2) is 18.2 Å². The minimum atomic E-state index is -0.110. The minimum Gasteiger partial charge on any atom is -0.206 e. The van der Waals surface area contributed by atoms with Crippen molar-refractivity contribution in [2.75, 3.05) is 0 Å². The highest BCUT2D eigenvalue weighted by Crippen LogP contribution is 2.23. The number of hydrogen-bond donors (Lipinski definition) is 0. The Balaban J connectivity index is 3.13. The first kappa shape index (κ1) is 14.2. The van der Waals surface area contributed by atoms with Gasteiger partial charge in [-0.3, -0.25) is 0 Å². The van der Waals surface area contributed by atoms with E-state index in [-0.39, 0.29) is 5.82 Å². The van der Waals surface area contributed by atoms with E-state index in [1.165, 1.54) is 0 Å². The third kappa shape index (κ3) is 3.57. The summed E-state index contributed by atoms with van der Waals surface area (Å²) in [6, 6.07) is 3.80. The zero-order valence-electron chi connectivity index (χ0n) is 10.8. The molecule has 0 aliphatic carbocycles. The normalized spacial score (nSPS) is 13.2. The summed E-state index contributed by atoms with van der Waals surface area (Å²) < 4.78 is 14.3. The van der Waals surface area contributed by atoms with Crippen LogP contribution in [0.25, 0.3) is 6.08 Å². The molecule has 17 heavy (non-hydrogen) atoms. The van der Waals surface area contributed by atoms with Crippen LogP contribution in [0, 0.1) is 11.7 Å². The molecule has 0 fully saturated rings. The minimum absolute atomic E-state index is 0.110. The molecular weight excluding hydrogens is 235 g/mol. The maximum absolute atomic E-state index is 14.3. The van der Waals surface area contributed by atoms with Crippen molar-refractivity contribution < 1.29 is 4.39 Å². The van der Waals surface area contributed by atoms with Gasteiger partial charge in [0.1, 0.15) is 5.82 Å². The standard InChI is InChI=1S/C15H20ClF/c1-4-6-14-13(10-16)8-7-12(15(14)17)9-11(3)5-2/h4,6-8,11H,5,9-10H2,1-3H3. The highest BCUT2D eigenvalue weighted by molar-refractivity contribution is 6.17. The first-order chi connectivity index (χ1) is 8.13. The van der Waals surface area contributed by atoms with Crippen molar-refractivity contribution in [1.82, 2.24) is 0 Å². The van der Waals surface area contributed by atoms with Crippen molar-refractivity contribution in [2.45, 2.75) is 39.5 Å². The van der Waals surface area contributed by atoms with Gasteiger partial charge < -0.3 is 0 Å². The summed E-state index contributed by atoms with van der Waals surface area (Å²) in [5.74, 6) is 0.742. The molecule has 0 radical (unpaired) electrons. The van der Waals surface area contributed by atoms with Gasteiger partial charge in [-0.1, -0.05) is 44.6 Å². The molecule has 0 aliphatic heterocycles. The first-order valence-electron chi connectivity index (χ1n) is 6.12. The van der Waals surface area contributed by atoms with Crippen LogP contribution in [0.4, 0.5) is 4.39 Å². The molecule has 0 aliphatic rings. The summed E-state index contributed by atoms with van der Waals surface area (Å²) >= 11 is 5.82. The fourth-order valence-corrected chi connectivity index (χ4v) is 2.05. The van der Waals surface area contributed by atoms with Crippen LogP contribution >= 0.6 is 11.6 Å². The first-order valence-corrected chi connectivity index (χ1v) is 6.66. The largest absolute Gasteiger partial charge is 0.206 e. The molecule has 0 saturated carbocycles. The van der Waals surface area contributed by atoms with E-state index in [1.54, 1.807) is 6.08 Å². The second-order valence-corrected chi connectivity index (χ2v) is 4.73. The predicted octanol–water partition coefficient (Wildman–Crippen LogP) is 5.19. The Kier molecular flexibility index (Phi) is 5.70. The molecule has 1 aromatic rings. The molecule has 1 rings (SSSR count). The van der Waals surface area contributed by atoms with Crippen molar-refractivity contribution >= 4 is 17.7 Å². The van der Waals surface area contributed by atoms with Gasteiger partial charge in [-0.05, 0) is 30.4 Å². The Morgan fingerprint density at radius 2 is 2.00 bits per heavy atom. The average molecular weight is 255 g/mol. The maximum atomic E-state index is 14.3. The monoisotopic (exact) mass is 254 g/mol. The van der Waals surface area contributed by atoms with Gasteiger partial charge in [-0.25, -0.2) is 4.39 Å². The van der Waals surface area contributed by atoms with Crippen LogP contribution in [0.2, 0.25) is 0 Å². The SMILES string of the molecule is CC=Cc1c(CCl)ccc(CC(C)CC)c1F. The second-order valence-electron chi connectivity index (χ2n) is 4.46. The zero-order chi connectivity index (χ0) is 12.8. The second kappa shape index (κ2) is 6.80. The fraction of sp³-hybridized carbons (Fsp3) is 0.467. The Bertz CT molecular complexity index is 396. The number of alkyl halides is 1. The number of rotatable bonds is 5. The van der Waals surface area contributed by atoms with Crippen LogP contribution < -0.4 is 0 Å². The molecule has 0 nitrogen and oxygen atoms in total. The van der Waals surface area contributed by atoms with Gasteiger partial charge in [-0.15, -0.1) is 11.6 Å². The van der Waals surface area contributed by atoms with E-state index in [2.05, 4.69) is 13.8 Å². The molecule has 0 heterocycles. The van der Waals surface area contributed by atoms with E-state index in [9.17, 15) is 4.39 Å². The van der Waals surface area contributed by atoms with Crippen LogP contribution in [0.3, 0.4) is 0 Å². The van der Waals surface area contributed by atoms with Crippen molar-refractivity contribution in [3.8, 4) is 0 Å². The van der Waals surface area contributed by atoms with E-state index >= 15 is 0 Å². The van der Waals surface area contributed by atoms with Gasteiger partial charge in [0.05, 0.1) is 0 Å². The van der Waals surface area contributed by atoms with E-state index in [1.807, 2.05) is 25.1 Å². The van der Waals surface area contributed by atoms with E-state index in [0.29, 0.717) is 17.4 Å². The molecule has 94 valence electrons. The summed E-state index contributed by atoms with van der Waals surface area (Å²) in [7, 11) is 0. The molecule has 0 bridgehead atoms. The Labute approximate surface area is 108 Å². The highest BCUT2D eigenvalue weighted by atomic mass is 35.5. The molecular formula is C15H20ClF. The van der Waals surface area contributed by atoms with Gasteiger partial charge in [0.25, 0.3) is 0 Å². The molecule has 1 unspecified atom stereocenters. The summed E-state index contributed by atoms with van der Waals surface area (Å²) in [6.45, 7) is 6.16. The lowest BCUT2D eigenvalue weighted by Crippen LogP contribution is -2.03. The van der Waals surface area contributed by atoms with Crippen molar-refractivity contribution in [3.63, 3.8) is 0 Å². The van der Waals surface area contributed by atoms with Crippen LogP contribution in [0.1, 0.15) is 43.9 Å². The lowest BCUT2D eigenvalue weighted by molar-refractivity contribution is 0.530.